The number of ether oxygens (including phenoxy) is 1. The van der Waals surface area contributed by atoms with E-state index in [2.05, 4.69) is 24.6 Å². The summed E-state index contributed by atoms with van der Waals surface area (Å²) in [7, 11) is 1.72. The zero-order valence-electron chi connectivity index (χ0n) is 12.6. The molecule has 0 aliphatic rings. The Balaban J connectivity index is 3.26. The third-order valence-corrected chi connectivity index (χ3v) is 3.27. The summed E-state index contributed by atoms with van der Waals surface area (Å²) in [5.41, 5.74) is 2.26. The molecular formula is C17H25NO. The van der Waals surface area contributed by atoms with Gasteiger partial charge in [0.2, 0.25) is 0 Å². The fraction of sp³-hybridized carbons (Fsp3) is 0.471. The standard InChI is InChI=1S/C17H25NO/c1-6-8-9-10-15-12-16(14(4)18-7-2)13(3)11-17(15)19-5/h7,11-12H,3,6,8-10H2,1-2,4-5H3/b16-14-,18-7?. The summed E-state index contributed by atoms with van der Waals surface area (Å²) in [6, 6.07) is 4.20. The molecule has 0 atom stereocenters. The fourth-order valence-corrected chi connectivity index (χ4v) is 2.22. The SMILES string of the molecule is C=c1cc(OC)c(CCCCC)c/c1=C(\C)N=CC. The maximum atomic E-state index is 5.46. The van der Waals surface area contributed by atoms with E-state index in [1.165, 1.54) is 24.8 Å². The van der Waals surface area contributed by atoms with Crippen molar-refractivity contribution in [3.05, 3.63) is 28.1 Å². The van der Waals surface area contributed by atoms with E-state index in [0.717, 1.165) is 28.3 Å². The number of rotatable bonds is 6. The highest BCUT2D eigenvalue weighted by Crippen LogP contribution is 2.17. The predicted molar refractivity (Wildman–Crippen MR) is 84.2 cm³/mol. The second-order valence-corrected chi connectivity index (χ2v) is 4.75. The summed E-state index contributed by atoms with van der Waals surface area (Å²) in [6.45, 7) is 10.3. The average molecular weight is 259 g/mol. The smallest absolute Gasteiger partial charge is 0.122 e. The van der Waals surface area contributed by atoms with E-state index in [-0.39, 0.29) is 0 Å². The first-order valence-electron chi connectivity index (χ1n) is 6.99. The Kier molecular flexibility index (Phi) is 6.34. The van der Waals surface area contributed by atoms with E-state index >= 15 is 0 Å². The highest BCUT2D eigenvalue weighted by atomic mass is 16.5. The van der Waals surface area contributed by atoms with Gasteiger partial charge in [-0.25, -0.2) is 0 Å². The molecule has 0 bridgehead atoms. The van der Waals surface area contributed by atoms with Crippen molar-refractivity contribution in [2.75, 3.05) is 7.11 Å². The van der Waals surface area contributed by atoms with Crippen molar-refractivity contribution in [3.63, 3.8) is 0 Å². The van der Waals surface area contributed by atoms with Crippen LogP contribution in [-0.4, -0.2) is 13.3 Å². The third-order valence-electron chi connectivity index (χ3n) is 3.27. The van der Waals surface area contributed by atoms with Crippen LogP contribution in [0.15, 0.2) is 17.1 Å². The number of unbranched alkanes of at least 4 members (excludes halogenated alkanes) is 2. The van der Waals surface area contributed by atoms with Gasteiger partial charge in [0.05, 0.1) is 7.11 Å². The molecule has 19 heavy (non-hydrogen) atoms. The van der Waals surface area contributed by atoms with E-state index in [0.29, 0.717) is 0 Å². The van der Waals surface area contributed by atoms with Crippen molar-refractivity contribution in [3.8, 4) is 5.75 Å². The number of nitrogens with zero attached hydrogens (tertiary/aromatic N) is 1. The molecule has 0 unspecified atom stereocenters. The molecule has 0 saturated heterocycles. The quantitative estimate of drug-likeness (QED) is 0.568. The molecule has 0 aliphatic carbocycles. The van der Waals surface area contributed by atoms with Crippen LogP contribution in [0.5, 0.6) is 5.75 Å². The highest BCUT2D eigenvalue weighted by Gasteiger charge is 2.04. The maximum absolute atomic E-state index is 5.46. The van der Waals surface area contributed by atoms with Crippen LogP contribution in [0.3, 0.4) is 0 Å². The molecule has 0 N–H and O–H groups in total. The van der Waals surface area contributed by atoms with E-state index in [4.69, 9.17) is 4.74 Å². The summed E-state index contributed by atoms with van der Waals surface area (Å²) < 4.78 is 5.46. The Morgan fingerprint density at radius 3 is 2.68 bits per heavy atom. The normalized spacial score (nSPS) is 12.8. The fourth-order valence-electron chi connectivity index (χ4n) is 2.22. The molecule has 0 amide bonds. The maximum Gasteiger partial charge on any atom is 0.122 e. The van der Waals surface area contributed by atoms with Gasteiger partial charge < -0.3 is 4.74 Å². The van der Waals surface area contributed by atoms with Crippen molar-refractivity contribution >= 4 is 18.5 Å². The van der Waals surface area contributed by atoms with Crippen LogP contribution < -0.4 is 15.2 Å². The highest BCUT2D eigenvalue weighted by molar-refractivity contribution is 5.62. The van der Waals surface area contributed by atoms with Gasteiger partial charge >= 0.3 is 0 Å². The lowest BCUT2D eigenvalue weighted by Gasteiger charge is -2.09. The Morgan fingerprint density at radius 1 is 1.37 bits per heavy atom. The lowest BCUT2D eigenvalue weighted by Crippen LogP contribution is -2.26. The molecule has 2 heteroatoms. The van der Waals surface area contributed by atoms with Crippen LogP contribution in [-0.2, 0) is 6.42 Å². The van der Waals surface area contributed by atoms with Gasteiger partial charge in [-0.15, -0.1) is 0 Å². The molecule has 1 aromatic carbocycles. The van der Waals surface area contributed by atoms with E-state index in [1.807, 2.05) is 26.1 Å². The van der Waals surface area contributed by atoms with Crippen molar-refractivity contribution < 1.29 is 4.74 Å². The van der Waals surface area contributed by atoms with Gasteiger partial charge in [0.15, 0.2) is 0 Å². The largest absolute Gasteiger partial charge is 0.496 e. The number of hydrogen-bond acceptors (Lipinski definition) is 2. The second kappa shape index (κ2) is 7.78. The zero-order chi connectivity index (χ0) is 14.3. The Labute approximate surface area is 116 Å². The van der Waals surface area contributed by atoms with Gasteiger partial charge in [-0.2, -0.15) is 0 Å². The molecule has 104 valence electrons. The molecule has 1 aromatic rings. The van der Waals surface area contributed by atoms with Crippen LogP contribution in [0.25, 0.3) is 12.3 Å². The lowest BCUT2D eigenvalue weighted by molar-refractivity contribution is 0.408. The molecule has 0 aliphatic heterocycles. The van der Waals surface area contributed by atoms with Crippen LogP contribution in [0, 0.1) is 0 Å². The Hall–Kier alpha value is -1.57. The molecule has 0 heterocycles. The van der Waals surface area contributed by atoms with Crippen LogP contribution >= 0.6 is 0 Å². The Bertz CT molecular complexity index is 543. The van der Waals surface area contributed by atoms with E-state index in [9.17, 15) is 0 Å². The van der Waals surface area contributed by atoms with Gasteiger partial charge in [0.1, 0.15) is 5.75 Å². The summed E-state index contributed by atoms with van der Waals surface area (Å²) in [5.74, 6) is 0.943. The van der Waals surface area contributed by atoms with Gasteiger partial charge in [0.25, 0.3) is 0 Å². The third kappa shape index (κ3) is 4.23. The minimum Gasteiger partial charge on any atom is -0.496 e. The number of hydrogen-bond donors (Lipinski definition) is 0. The first-order valence-corrected chi connectivity index (χ1v) is 6.99. The topological polar surface area (TPSA) is 21.6 Å². The minimum absolute atomic E-state index is 0.943. The molecule has 0 aromatic heterocycles. The number of aryl methyl sites for hydroxylation is 1. The van der Waals surface area contributed by atoms with Crippen molar-refractivity contribution in [2.24, 2.45) is 4.99 Å². The number of methoxy groups -OCH3 is 1. The summed E-state index contributed by atoms with van der Waals surface area (Å²) in [4.78, 5) is 4.36. The first kappa shape index (κ1) is 15.5. The van der Waals surface area contributed by atoms with Crippen LogP contribution in [0.4, 0.5) is 0 Å². The van der Waals surface area contributed by atoms with Gasteiger partial charge in [-0.05, 0) is 49.6 Å². The van der Waals surface area contributed by atoms with Crippen molar-refractivity contribution in [1.29, 1.82) is 0 Å². The van der Waals surface area contributed by atoms with Crippen LogP contribution in [0.1, 0.15) is 45.6 Å². The van der Waals surface area contributed by atoms with Crippen LogP contribution in [0.2, 0.25) is 0 Å². The second-order valence-electron chi connectivity index (χ2n) is 4.75. The summed E-state index contributed by atoms with van der Waals surface area (Å²) in [6.07, 6.45) is 6.54. The summed E-state index contributed by atoms with van der Waals surface area (Å²) >= 11 is 0. The van der Waals surface area contributed by atoms with Crippen molar-refractivity contribution in [2.45, 2.75) is 46.5 Å². The van der Waals surface area contributed by atoms with E-state index < -0.39 is 0 Å². The molecular weight excluding hydrogens is 234 g/mol. The predicted octanol–water partition coefficient (Wildman–Crippen LogP) is 3.06. The molecule has 0 spiro atoms. The van der Waals surface area contributed by atoms with Gasteiger partial charge in [-0.3, -0.25) is 4.99 Å². The number of aliphatic imine (C=N–C) groups is 1. The zero-order valence-corrected chi connectivity index (χ0v) is 12.6. The Morgan fingerprint density at radius 2 is 2.11 bits per heavy atom. The molecule has 0 saturated carbocycles. The summed E-state index contributed by atoms with van der Waals surface area (Å²) in [5, 5.41) is 2.09. The average Bonchev–Trinajstić information content (AvgIpc) is 2.40. The lowest BCUT2D eigenvalue weighted by atomic mass is 10.0. The van der Waals surface area contributed by atoms with Crippen molar-refractivity contribution in [1.82, 2.24) is 0 Å². The molecule has 0 radical (unpaired) electrons. The van der Waals surface area contributed by atoms with Gasteiger partial charge in [0, 0.05) is 17.1 Å². The monoisotopic (exact) mass is 259 g/mol. The number of benzene rings is 1. The first-order chi connectivity index (χ1) is 9.13. The molecule has 0 fully saturated rings. The van der Waals surface area contributed by atoms with E-state index in [1.54, 1.807) is 7.11 Å². The van der Waals surface area contributed by atoms with Gasteiger partial charge in [-0.1, -0.05) is 26.3 Å². The molecule has 2 nitrogen and oxygen atoms in total. The molecule has 1 rings (SSSR count). The minimum atomic E-state index is 0.943.